The van der Waals surface area contributed by atoms with Crippen molar-refractivity contribution in [1.29, 1.82) is 0 Å². The van der Waals surface area contributed by atoms with Crippen LogP contribution in [0.15, 0.2) is 72.8 Å². The SMILES string of the molecule is CCC(=O)NNC(=O)C(CC(C)C)N1C(=O)c2ccccc2C1c1c(-c2ccc(C)cc2)[nH]c2ccccc12. The maximum Gasteiger partial charge on any atom is 0.261 e. The summed E-state index contributed by atoms with van der Waals surface area (Å²) in [6.45, 7) is 7.82. The van der Waals surface area contributed by atoms with Gasteiger partial charge in [-0.05, 0) is 42.5 Å². The first-order chi connectivity index (χ1) is 18.8. The van der Waals surface area contributed by atoms with Crippen LogP contribution in [0, 0.1) is 12.8 Å². The van der Waals surface area contributed by atoms with E-state index >= 15 is 0 Å². The third kappa shape index (κ3) is 4.92. The summed E-state index contributed by atoms with van der Waals surface area (Å²) in [5, 5.41) is 0.996. The van der Waals surface area contributed by atoms with Crippen molar-refractivity contribution in [2.24, 2.45) is 5.92 Å². The highest BCUT2D eigenvalue weighted by atomic mass is 16.2. The Morgan fingerprint density at radius 3 is 2.36 bits per heavy atom. The molecule has 7 nitrogen and oxygen atoms in total. The Balaban J connectivity index is 1.72. The number of hydrogen-bond donors (Lipinski definition) is 3. The molecule has 0 radical (unpaired) electrons. The van der Waals surface area contributed by atoms with Crippen molar-refractivity contribution in [3.8, 4) is 11.3 Å². The Morgan fingerprint density at radius 1 is 0.949 bits per heavy atom. The molecule has 1 aromatic heterocycles. The lowest BCUT2D eigenvalue weighted by atomic mass is 9.91. The summed E-state index contributed by atoms with van der Waals surface area (Å²) in [7, 11) is 0. The van der Waals surface area contributed by atoms with Gasteiger partial charge in [-0.2, -0.15) is 0 Å². The number of amides is 3. The van der Waals surface area contributed by atoms with Gasteiger partial charge in [-0.1, -0.05) is 87.0 Å². The molecule has 2 unspecified atom stereocenters. The number of carbonyl (C=O) groups excluding carboxylic acids is 3. The molecule has 0 fully saturated rings. The minimum absolute atomic E-state index is 0.124. The number of aromatic amines is 1. The van der Waals surface area contributed by atoms with E-state index in [4.69, 9.17) is 0 Å². The van der Waals surface area contributed by atoms with E-state index in [9.17, 15) is 14.4 Å². The van der Waals surface area contributed by atoms with Crippen molar-refractivity contribution < 1.29 is 14.4 Å². The predicted octanol–water partition coefficient (Wildman–Crippen LogP) is 5.66. The second-order valence-electron chi connectivity index (χ2n) is 10.6. The number of benzene rings is 3. The number of H-pyrrole nitrogens is 1. The normalized spacial score (nSPS) is 15.5. The lowest BCUT2D eigenvalue weighted by Gasteiger charge is -2.34. The number of aromatic nitrogens is 1. The Labute approximate surface area is 228 Å². The van der Waals surface area contributed by atoms with Crippen molar-refractivity contribution in [2.75, 3.05) is 0 Å². The molecule has 0 saturated carbocycles. The maximum absolute atomic E-state index is 14.1. The van der Waals surface area contributed by atoms with Crippen LogP contribution >= 0.6 is 0 Å². The summed E-state index contributed by atoms with van der Waals surface area (Å²) in [6.07, 6.45) is 0.674. The fourth-order valence-electron chi connectivity index (χ4n) is 5.44. The molecule has 1 aliphatic heterocycles. The first-order valence-corrected chi connectivity index (χ1v) is 13.5. The van der Waals surface area contributed by atoms with Gasteiger partial charge in [0.25, 0.3) is 11.8 Å². The third-order valence-electron chi connectivity index (χ3n) is 7.34. The molecule has 0 saturated heterocycles. The topological polar surface area (TPSA) is 94.3 Å². The number of nitrogens with zero attached hydrogens (tertiary/aromatic N) is 1. The molecule has 0 spiro atoms. The number of rotatable bonds is 7. The molecule has 0 aliphatic carbocycles. The van der Waals surface area contributed by atoms with E-state index in [0.29, 0.717) is 12.0 Å². The van der Waals surface area contributed by atoms with Gasteiger partial charge in [-0.25, -0.2) is 0 Å². The molecule has 2 atom stereocenters. The molecule has 4 aromatic rings. The fraction of sp³-hybridized carbons (Fsp3) is 0.281. The number of nitrogens with one attached hydrogen (secondary N) is 3. The first kappa shape index (κ1) is 26.2. The van der Waals surface area contributed by atoms with Crippen LogP contribution in [-0.4, -0.2) is 33.6 Å². The zero-order valence-corrected chi connectivity index (χ0v) is 22.7. The molecule has 3 N–H and O–H groups in total. The van der Waals surface area contributed by atoms with Crippen molar-refractivity contribution in [3.05, 3.63) is 95.1 Å². The third-order valence-corrected chi connectivity index (χ3v) is 7.34. The molecule has 39 heavy (non-hydrogen) atoms. The van der Waals surface area contributed by atoms with Gasteiger partial charge in [0, 0.05) is 28.5 Å². The van der Waals surface area contributed by atoms with E-state index in [1.807, 2.05) is 56.3 Å². The quantitative estimate of drug-likeness (QED) is 0.273. The lowest BCUT2D eigenvalue weighted by Crippen LogP contribution is -2.53. The van der Waals surface area contributed by atoms with Crippen LogP contribution in [0.2, 0.25) is 0 Å². The first-order valence-electron chi connectivity index (χ1n) is 13.5. The minimum atomic E-state index is -0.799. The van der Waals surface area contributed by atoms with Crippen molar-refractivity contribution in [2.45, 2.75) is 52.6 Å². The Morgan fingerprint density at radius 2 is 1.64 bits per heavy atom. The molecule has 7 heteroatoms. The van der Waals surface area contributed by atoms with E-state index in [2.05, 4.69) is 53.1 Å². The molecular formula is C32H34N4O3. The number of para-hydroxylation sites is 1. The fourth-order valence-corrected chi connectivity index (χ4v) is 5.44. The van der Waals surface area contributed by atoms with Gasteiger partial charge in [0.2, 0.25) is 5.91 Å². The number of hydrazine groups is 1. The summed E-state index contributed by atoms with van der Waals surface area (Å²) in [6, 6.07) is 22.6. The number of hydrogen-bond acceptors (Lipinski definition) is 3. The summed E-state index contributed by atoms with van der Waals surface area (Å²) in [5.41, 5.74) is 11.5. The van der Waals surface area contributed by atoms with Gasteiger partial charge in [-0.3, -0.25) is 25.2 Å². The van der Waals surface area contributed by atoms with Crippen LogP contribution in [-0.2, 0) is 9.59 Å². The lowest BCUT2D eigenvalue weighted by molar-refractivity contribution is -0.132. The van der Waals surface area contributed by atoms with Gasteiger partial charge in [0.15, 0.2) is 0 Å². The largest absolute Gasteiger partial charge is 0.354 e. The van der Waals surface area contributed by atoms with Crippen LogP contribution in [0.1, 0.15) is 66.7 Å². The van der Waals surface area contributed by atoms with Gasteiger partial charge in [0.1, 0.15) is 6.04 Å². The molecule has 200 valence electrons. The second-order valence-corrected chi connectivity index (χ2v) is 10.6. The van der Waals surface area contributed by atoms with Crippen molar-refractivity contribution in [1.82, 2.24) is 20.7 Å². The molecular weight excluding hydrogens is 488 g/mol. The average Bonchev–Trinajstić information content (AvgIpc) is 3.45. The van der Waals surface area contributed by atoms with Gasteiger partial charge in [-0.15, -0.1) is 0 Å². The number of carbonyl (C=O) groups is 3. The predicted molar refractivity (Wildman–Crippen MR) is 153 cm³/mol. The molecule has 3 aromatic carbocycles. The van der Waals surface area contributed by atoms with Gasteiger partial charge in [0.05, 0.1) is 11.7 Å². The van der Waals surface area contributed by atoms with E-state index < -0.39 is 18.0 Å². The summed E-state index contributed by atoms with van der Waals surface area (Å²) < 4.78 is 0. The van der Waals surface area contributed by atoms with Gasteiger partial charge >= 0.3 is 0 Å². The van der Waals surface area contributed by atoms with E-state index in [1.165, 1.54) is 0 Å². The van der Waals surface area contributed by atoms with Crippen molar-refractivity contribution >= 4 is 28.6 Å². The summed E-state index contributed by atoms with van der Waals surface area (Å²) in [5.74, 6) is -0.774. The highest BCUT2D eigenvalue weighted by Crippen LogP contribution is 2.46. The smallest absolute Gasteiger partial charge is 0.261 e. The van der Waals surface area contributed by atoms with Crippen LogP contribution < -0.4 is 10.9 Å². The molecule has 5 rings (SSSR count). The average molecular weight is 523 g/mol. The molecule has 3 amide bonds. The Hall–Kier alpha value is -4.39. The van der Waals surface area contributed by atoms with Crippen LogP contribution in [0.5, 0.6) is 0 Å². The van der Waals surface area contributed by atoms with Crippen LogP contribution in [0.25, 0.3) is 22.2 Å². The van der Waals surface area contributed by atoms with E-state index in [-0.39, 0.29) is 24.2 Å². The standard InChI is InChI=1S/C32H34N4O3/c1-5-27(37)34-35-31(38)26(18-19(2)3)36-30(22-10-6-7-11-23(22)32(36)39)28-24-12-8-9-13-25(24)33-29(28)21-16-14-20(4)15-17-21/h6-17,19,26,30,33H,5,18H2,1-4H3,(H,34,37)(H,35,38). The van der Waals surface area contributed by atoms with Crippen LogP contribution in [0.4, 0.5) is 0 Å². The summed E-state index contributed by atoms with van der Waals surface area (Å²) in [4.78, 5) is 45.0. The zero-order chi connectivity index (χ0) is 27.7. The molecule has 2 heterocycles. The van der Waals surface area contributed by atoms with E-state index in [0.717, 1.165) is 38.9 Å². The Bertz CT molecular complexity index is 1540. The maximum atomic E-state index is 14.1. The minimum Gasteiger partial charge on any atom is -0.354 e. The van der Waals surface area contributed by atoms with E-state index in [1.54, 1.807) is 11.8 Å². The number of fused-ring (bicyclic) bond motifs is 2. The summed E-state index contributed by atoms with van der Waals surface area (Å²) >= 11 is 0. The van der Waals surface area contributed by atoms with Gasteiger partial charge < -0.3 is 9.88 Å². The Kier molecular flexibility index (Phi) is 7.24. The van der Waals surface area contributed by atoms with Crippen molar-refractivity contribution in [3.63, 3.8) is 0 Å². The zero-order valence-electron chi connectivity index (χ0n) is 22.7. The molecule has 0 bridgehead atoms. The number of aryl methyl sites for hydroxylation is 1. The monoisotopic (exact) mass is 522 g/mol. The highest BCUT2D eigenvalue weighted by Gasteiger charge is 2.45. The second kappa shape index (κ2) is 10.8. The highest BCUT2D eigenvalue weighted by molar-refractivity contribution is 6.04. The van der Waals surface area contributed by atoms with Crippen LogP contribution in [0.3, 0.4) is 0 Å². The molecule has 1 aliphatic rings.